The van der Waals surface area contributed by atoms with Crippen molar-refractivity contribution in [2.75, 3.05) is 18.8 Å². The van der Waals surface area contributed by atoms with E-state index in [2.05, 4.69) is 11.6 Å². The quantitative estimate of drug-likeness (QED) is 0.613. The van der Waals surface area contributed by atoms with Crippen LogP contribution in [0.1, 0.15) is 35.6 Å². The Bertz CT molecular complexity index is 946. The van der Waals surface area contributed by atoms with Gasteiger partial charge in [-0.15, -0.1) is 0 Å². The molecule has 0 bridgehead atoms. The average molecular weight is 378 g/mol. The number of benzene rings is 1. The number of hydrogen-bond acceptors (Lipinski definition) is 4. The molecule has 146 valence electrons. The molecule has 6 N–H and O–H groups in total. The summed E-state index contributed by atoms with van der Waals surface area (Å²) in [5.41, 5.74) is 15.4. The summed E-state index contributed by atoms with van der Waals surface area (Å²) in [5.74, 6) is 2.04. The van der Waals surface area contributed by atoms with Gasteiger partial charge in [0.15, 0.2) is 0 Å². The largest absolute Gasteiger partial charge is 0.507 e. The highest BCUT2D eigenvalue weighted by Crippen LogP contribution is 2.47. The van der Waals surface area contributed by atoms with Crippen molar-refractivity contribution in [3.63, 3.8) is 0 Å². The number of phenolic OH excluding ortho intramolecular Hbond substituents is 1. The van der Waals surface area contributed by atoms with Gasteiger partial charge in [-0.3, -0.25) is 4.79 Å². The molecule has 6 nitrogen and oxygen atoms in total. The number of nitrogens with zero attached hydrogens (tertiary/aromatic N) is 1. The van der Waals surface area contributed by atoms with E-state index in [1.165, 1.54) is 6.08 Å². The monoisotopic (exact) mass is 378 g/mol. The Labute approximate surface area is 164 Å². The lowest BCUT2D eigenvalue weighted by atomic mass is 9.90. The highest BCUT2D eigenvalue weighted by atomic mass is 16.3. The van der Waals surface area contributed by atoms with Crippen LogP contribution < -0.4 is 11.5 Å². The van der Waals surface area contributed by atoms with Gasteiger partial charge >= 0.3 is 0 Å². The van der Waals surface area contributed by atoms with Gasteiger partial charge in [0.25, 0.3) is 0 Å². The molecule has 1 saturated carbocycles. The van der Waals surface area contributed by atoms with Gasteiger partial charge in [0, 0.05) is 41.5 Å². The lowest BCUT2D eigenvalue weighted by molar-refractivity contribution is -0.125. The standard InChI is InChI=1S/C22H26N4O2/c1-2-21(28)26-11-13-7-8-15(17(13)12-26)19-10-14(22(24)25-19)9-18(23)16-5-3-4-6-20(16)27/h2-6,9-10,13,15,17,25,27H,1,7-8,11-12,23-24H2/b18-9-/t13-,15?,17?/m0/s1. The summed E-state index contributed by atoms with van der Waals surface area (Å²) in [6.07, 6.45) is 5.39. The van der Waals surface area contributed by atoms with Crippen molar-refractivity contribution < 1.29 is 9.90 Å². The molecule has 4 rings (SSSR count). The van der Waals surface area contributed by atoms with Gasteiger partial charge in [-0.1, -0.05) is 18.7 Å². The van der Waals surface area contributed by atoms with Crippen LogP contribution in [0.4, 0.5) is 5.82 Å². The summed E-state index contributed by atoms with van der Waals surface area (Å²) in [4.78, 5) is 17.2. The number of amides is 1. The molecule has 1 aromatic heterocycles. The third-order valence-corrected chi connectivity index (χ3v) is 6.17. The highest BCUT2D eigenvalue weighted by Gasteiger charge is 2.44. The van der Waals surface area contributed by atoms with Crippen molar-refractivity contribution in [2.45, 2.75) is 18.8 Å². The van der Waals surface area contributed by atoms with Crippen LogP contribution in [0.25, 0.3) is 11.8 Å². The summed E-state index contributed by atoms with van der Waals surface area (Å²) in [6.45, 7) is 5.18. The number of nitrogens with two attached hydrogens (primary N) is 2. The molecule has 1 aliphatic carbocycles. The van der Waals surface area contributed by atoms with Gasteiger partial charge in [0.05, 0.1) is 0 Å². The molecule has 0 spiro atoms. The number of rotatable bonds is 4. The Morgan fingerprint density at radius 2 is 2.07 bits per heavy atom. The third-order valence-electron chi connectivity index (χ3n) is 6.17. The van der Waals surface area contributed by atoms with Gasteiger partial charge in [0.1, 0.15) is 11.6 Å². The second kappa shape index (κ2) is 7.11. The normalized spacial score (nSPS) is 24.4. The fourth-order valence-electron chi connectivity index (χ4n) is 4.75. The second-order valence-electron chi connectivity index (χ2n) is 7.77. The topological polar surface area (TPSA) is 108 Å². The molecule has 3 atom stereocenters. The SMILES string of the molecule is C=CC(=O)N1CC2C(c3cc(/C=C(\N)c4ccccc4O)c(N)[nH]3)CC[C@H]2C1. The van der Waals surface area contributed by atoms with Gasteiger partial charge < -0.3 is 26.5 Å². The van der Waals surface area contributed by atoms with Crippen LogP contribution in [0, 0.1) is 11.8 Å². The lowest BCUT2D eigenvalue weighted by Gasteiger charge is -2.19. The number of aromatic hydroxyl groups is 1. The maximum absolute atomic E-state index is 12.0. The molecule has 2 aliphatic rings. The lowest BCUT2D eigenvalue weighted by Crippen LogP contribution is -2.28. The van der Waals surface area contributed by atoms with Crippen LogP contribution in [0.5, 0.6) is 5.75 Å². The van der Waals surface area contributed by atoms with Crippen molar-refractivity contribution in [1.29, 1.82) is 0 Å². The number of nitrogen functional groups attached to an aromatic ring is 1. The molecular formula is C22H26N4O2. The highest BCUT2D eigenvalue weighted by molar-refractivity contribution is 5.87. The van der Waals surface area contributed by atoms with Crippen LogP contribution in [-0.2, 0) is 4.79 Å². The number of nitrogens with one attached hydrogen (secondary N) is 1. The van der Waals surface area contributed by atoms with E-state index in [1.807, 2.05) is 17.0 Å². The van der Waals surface area contributed by atoms with E-state index in [4.69, 9.17) is 11.5 Å². The van der Waals surface area contributed by atoms with Crippen molar-refractivity contribution >= 4 is 23.5 Å². The number of hydrogen-bond donors (Lipinski definition) is 4. The van der Waals surface area contributed by atoms with Gasteiger partial charge in [-0.05, 0) is 55.0 Å². The minimum atomic E-state index is 0.0122. The number of fused-ring (bicyclic) bond motifs is 1. The van der Waals surface area contributed by atoms with Gasteiger partial charge in [0.2, 0.25) is 5.91 Å². The van der Waals surface area contributed by atoms with E-state index in [9.17, 15) is 9.90 Å². The molecule has 2 fully saturated rings. The van der Waals surface area contributed by atoms with E-state index >= 15 is 0 Å². The maximum atomic E-state index is 12.0. The molecule has 28 heavy (non-hydrogen) atoms. The second-order valence-corrected chi connectivity index (χ2v) is 7.77. The van der Waals surface area contributed by atoms with Crippen molar-refractivity contribution in [2.24, 2.45) is 17.6 Å². The van der Waals surface area contributed by atoms with E-state index in [0.717, 1.165) is 37.2 Å². The summed E-state index contributed by atoms with van der Waals surface area (Å²) in [5, 5.41) is 10.00. The van der Waals surface area contributed by atoms with Crippen LogP contribution in [0.15, 0.2) is 43.0 Å². The number of para-hydroxylation sites is 1. The van der Waals surface area contributed by atoms with Gasteiger partial charge in [-0.25, -0.2) is 0 Å². The Morgan fingerprint density at radius 1 is 1.29 bits per heavy atom. The van der Waals surface area contributed by atoms with E-state index in [0.29, 0.717) is 34.8 Å². The van der Waals surface area contributed by atoms with Crippen molar-refractivity contribution in [3.05, 3.63) is 59.8 Å². The maximum Gasteiger partial charge on any atom is 0.245 e. The molecule has 1 aliphatic heterocycles. The van der Waals surface area contributed by atoms with E-state index < -0.39 is 0 Å². The van der Waals surface area contributed by atoms with Crippen LogP contribution >= 0.6 is 0 Å². The molecular weight excluding hydrogens is 352 g/mol. The Morgan fingerprint density at radius 3 is 2.82 bits per heavy atom. The van der Waals surface area contributed by atoms with Crippen LogP contribution in [0.3, 0.4) is 0 Å². The molecule has 1 saturated heterocycles. The molecule has 2 heterocycles. The molecule has 2 aromatic rings. The average Bonchev–Trinajstić information content (AvgIpc) is 3.36. The predicted molar refractivity (Wildman–Crippen MR) is 111 cm³/mol. The molecule has 2 unspecified atom stereocenters. The third kappa shape index (κ3) is 3.15. The predicted octanol–water partition coefficient (Wildman–Crippen LogP) is 2.90. The number of phenols is 1. The number of anilines is 1. The number of carbonyl (C=O) groups is 1. The van der Waals surface area contributed by atoms with Crippen molar-refractivity contribution in [3.8, 4) is 5.75 Å². The minimum Gasteiger partial charge on any atom is -0.507 e. The zero-order valence-corrected chi connectivity index (χ0v) is 15.8. The summed E-state index contributed by atoms with van der Waals surface area (Å²) in [7, 11) is 0. The van der Waals surface area contributed by atoms with Gasteiger partial charge in [-0.2, -0.15) is 0 Å². The fraction of sp³-hybridized carbons (Fsp3) is 0.318. The summed E-state index contributed by atoms with van der Waals surface area (Å²) < 4.78 is 0. The summed E-state index contributed by atoms with van der Waals surface area (Å²) in [6, 6.07) is 9.02. The first-order chi connectivity index (χ1) is 13.5. The molecule has 1 amide bonds. The Kier molecular flexibility index (Phi) is 4.63. The zero-order chi connectivity index (χ0) is 19.8. The Balaban J connectivity index is 1.57. The minimum absolute atomic E-state index is 0.0122. The smallest absolute Gasteiger partial charge is 0.245 e. The van der Waals surface area contributed by atoms with E-state index in [-0.39, 0.29) is 11.7 Å². The first-order valence-corrected chi connectivity index (χ1v) is 9.63. The molecule has 0 radical (unpaired) electrons. The van der Waals surface area contributed by atoms with Crippen molar-refractivity contribution in [1.82, 2.24) is 9.88 Å². The molecule has 6 heteroatoms. The number of H-pyrrole nitrogens is 1. The van der Waals surface area contributed by atoms with Crippen LogP contribution in [-0.4, -0.2) is 34.0 Å². The number of likely N-dealkylation sites (tertiary alicyclic amines) is 1. The first-order valence-electron chi connectivity index (χ1n) is 9.63. The Hall–Kier alpha value is -3.15. The number of carbonyl (C=O) groups excluding carboxylic acids is 1. The molecule has 1 aromatic carbocycles. The summed E-state index contributed by atoms with van der Waals surface area (Å²) >= 11 is 0. The number of aromatic nitrogens is 1. The van der Waals surface area contributed by atoms with E-state index in [1.54, 1.807) is 24.3 Å². The first kappa shape index (κ1) is 18.2. The van der Waals surface area contributed by atoms with Crippen LogP contribution in [0.2, 0.25) is 0 Å². The number of aromatic amines is 1. The zero-order valence-electron chi connectivity index (χ0n) is 15.8. The fourth-order valence-corrected chi connectivity index (χ4v) is 4.75.